The zero-order valence-corrected chi connectivity index (χ0v) is 12.7. The second-order valence-corrected chi connectivity index (χ2v) is 6.19. The minimum atomic E-state index is -0.942. The quantitative estimate of drug-likeness (QED) is 0.581. The van der Waals surface area contributed by atoms with E-state index in [9.17, 15) is 4.79 Å². The van der Waals surface area contributed by atoms with Gasteiger partial charge in [-0.2, -0.15) is 0 Å². The van der Waals surface area contributed by atoms with E-state index in [-0.39, 0.29) is 5.56 Å². The fraction of sp³-hybridized carbons (Fsp3) is 0. The van der Waals surface area contributed by atoms with Gasteiger partial charge in [-0.05, 0) is 29.7 Å². The zero-order valence-electron chi connectivity index (χ0n) is 11.9. The first-order valence-corrected chi connectivity index (χ1v) is 7.82. The zero-order chi connectivity index (χ0) is 15.8. The Bertz CT molecular complexity index is 965. The topological polar surface area (TPSA) is 63.3 Å². The molecule has 1 N–H and O–H groups in total. The highest BCUT2D eigenvalue weighted by Crippen LogP contribution is 2.35. The number of aromatic nitrogens is 1. The van der Waals surface area contributed by atoms with Crippen LogP contribution >= 0.6 is 11.3 Å². The van der Waals surface area contributed by atoms with Gasteiger partial charge in [0.15, 0.2) is 5.76 Å². The largest absolute Gasteiger partial charge is 0.478 e. The fourth-order valence-corrected chi connectivity index (χ4v) is 3.43. The monoisotopic (exact) mass is 321 g/mol. The van der Waals surface area contributed by atoms with Gasteiger partial charge in [-0.1, -0.05) is 35.5 Å². The molecular formula is C18H11NO3S. The van der Waals surface area contributed by atoms with E-state index < -0.39 is 5.97 Å². The molecule has 4 rings (SSSR count). The van der Waals surface area contributed by atoms with Crippen molar-refractivity contribution in [2.24, 2.45) is 0 Å². The summed E-state index contributed by atoms with van der Waals surface area (Å²) in [7, 11) is 0. The first-order chi connectivity index (χ1) is 11.2. The maximum absolute atomic E-state index is 10.9. The number of thiophene rings is 1. The van der Waals surface area contributed by atoms with E-state index in [1.807, 2.05) is 18.2 Å². The molecule has 4 aromatic rings. The van der Waals surface area contributed by atoms with Crippen molar-refractivity contribution in [3.8, 4) is 21.9 Å². The molecule has 112 valence electrons. The van der Waals surface area contributed by atoms with Gasteiger partial charge < -0.3 is 9.63 Å². The van der Waals surface area contributed by atoms with Crippen molar-refractivity contribution in [3.05, 3.63) is 66.2 Å². The molecule has 0 saturated heterocycles. The lowest BCUT2D eigenvalue weighted by Gasteiger charge is -1.96. The van der Waals surface area contributed by atoms with Crippen molar-refractivity contribution in [3.63, 3.8) is 0 Å². The van der Waals surface area contributed by atoms with Crippen molar-refractivity contribution < 1.29 is 14.4 Å². The standard InChI is InChI=1S/C18H11NO3S/c20-18(21)12-7-5-11(6-8-12)14-10-15(22-19-14)17-9-13-3-1-2-4-16(13)23-17/h1-10H,(H,20,21). The van der Waals surface area contributed by atoms with E-state index in [4.69, 9.17) is 9.63 Å². The Morgan fingerprint density at radius 2 is 1.83 bits per heavy atom. The molecule has 0 radical (unpaired) electrons. The molecule has 0 amide bonds. The number of aromatic carboxylic acids is 1. The first-order valence-electron chi connectivity index (χ1n) is 7.00. The highest BCUT2D eigenvalue weighted by Gasteiger charge is 2.12. The summed E-state index contributed by atoms with van der Waals surface area (Å²) < 4.78 is 6.66. The Balaban J connectivity index is 1.69. The lowest BCUT2D eigenvalue weighted by molar-refractivity contribution is 0.0697. The average molecular weight is 321 g/mol. The third-order valence-electron chi connectivity index (χ3n) is 3.61. The average Bonchev–Trinajstić information content (AvgIpc) is 3.21. The second-order valence-electron chi connectivity index (χ2n) is 5.11. The molecule has 0 saturated carbocycles. The third kappa shape index (κ3) is 2.51. The van der Waals surface area contributed by atoms with Crippen molar-refractivity contribution >= 4 is 27.4 Å². The molecule has 0 unspecified atom stereocenters. The molecule has 2 aromatic carbocycles. The molecule has 0 bridgehead atoms. The summed E-state index contributed by atoms with van der Waals surface area (Å²) >= 11 is 1.65. The summed E-state index contributed by atoms with van der Waals surface area (Å²) in [5.74, 6) is -0.230. The van der Waals surface area contributed by atoms with Gasteiger partial charge in [-0.15, -0.1) is 11.3 Å². The van der Waals surface area contributed by atoms with Crippen molar-refractivity contribution in [1.82, 2.24) is 5.16 Å². The number of carboxylic acid groups (broad SMARTS) is 1. The van der Waals surface area contributed by atoms with Crippen LogP contribution < -0.4 is 0 Å². The number of hydrogen-bond donors (Lipinski definition) is 1. The first kappa shape index (κ1) is 13.7. The van der Waals surface area contributed by atoms with E-state index in [1.165, 1.54) is 10.1 Å². The molecule has 2 aromatic heterocycles. The van der Waals surface area contributed by atoms with E-state index in [2.05, 4.69) is 23.4 Å². The van der Waals surface area contributed by atoms with Crippen LogP contribution in [0.15, 0.2) is 65.2 Å². The summed E-state index contributed by atoms with van der Waals surface area (Å²) in [6, 6.07) is 18.7. The van der Waals surface area contributed by atoms with Crippen molar-refractivity contribution in [1.29, 1.82) is 0 Å². The summed E-state index contributed by atoms with van der Waals surface area (Å²) in [4.78, 5) is 11.9. The van der Waals surface area contributed by atoms with Gasteiger partial charge in [0.05, 0.1) is 10.4 Å². The van der Waals surface area contributed by atoms with Gasteiger partial charge in [0.25, 0.3) is 0 Å². The smallest absolute Gasteiger partial charge is 0.335 e. The minimum absolute atomic E-state index is 0.252. The highest BCUT2D eigenvalue weighted by molar-refractivity contribution is 7.22. The fourth-order valence-electron chi connectivity index (χ4n) is 2.41. The Kier molecular flexibility index (Phi) is 3.20. The number of nitrogens with zero attached hydrogens (tertiary/aromatic N) is 1. The maximum atomic E-state index is 10.9. The predicted molar refractivity (Wildman–Crippen MR) is 89.7 cm³/mol. The summed E-state index contributed by atoms with van der Waals surface area (Å²) in [5, 5.41) is 14.2. The van der Waals surface area contributed by atoms with E-state index in [0.29, 0.717) is 11.5 Å². The van der Waals surface area contributed by atoms with Crippen LogP contribution in [0.25, 0.3) is 32.0 Å². The SMILES string of the molecule is O=C(O)c1ccc(-c2cc(-c3cc4ccccc4s3)on2)cc1. The molecule has 0 aliphatic carbocycles. The van der Waals surface area contributed by atoms with Crippen LogP contribution in [0.1, 0.15) is 10.4 Å². The molecule has 4 nitrogen and oxygen atoms in total. The molecular weight excluding hydrogens is 310 g/mol. The van der Waals surface area contributed by atoms with Crippen LogP contribution in [0, 0.1) is 0 Å². The lowest BCUT2D eigenvalue weighted by Crippen LogP contribution is -1.94. The molecule has 0 spiro atoms. The van der Waals surface area contributed by atoms with Crippen LogP contribution in [0.5, 0.6) is 0 Å². The third-order valence-corrected chi connectivity index (χ3v) is 4.74. The van der Waals surface area contributed by atoms with Crippen LogP contribution in [0.3, 0.4) is 0 Å². The van der Waals surface area contributed by atoms with Gasteiger partial charge in [-0.25, -0.2) is 4.79 Å². The Morgan fingerprint density at radius 1 is 1.04 bits per heavy atom. The lowest BCUT2D eigenvalue weighted by atomic mass is 10.1. The number of carboxylic acids is 1. The molecule has 0 aliphatic rings. The number of benzene rings is 2. The molecule has 23 heavy (non-hydrogen) atoms. The molecule has 0 aliphatic heterocycles. The maximum Gasteiger partial charge on any atom is 0.335 e. The molecule has 2 heterocycles. The second kappa shape index (κ2) is 5.37. The van der Waals surface area contributed by atoms with E-state index in [1.54, 1.807) is 35.6 Å². The van der Waals surface area contributed by atoms with Crippen LogP contribution in [-0.2, 0) is 0 Å². The van der Waals surface area contributed by atoms with Crippen LogP contribution in [0.2, 0.25) is 0 Å². The number of carbonyl (C=O) groups is 1. The van der Waals surface area contributed by atoms with E-state index in [0.717, 1.165) is 10.4 Å². The summed E-state index contributed by atoms with van der Waals surface area (Å²) in [6.45, 7) is 0. The van der Waals surface area contributed by atoms with Gasteiger partial charge >= 0.3 is 5.97 Å². The summed E-state index contributed by atoms with van der Waals surface area (Å²) in [5.41, 5.74) is 1.77. The highest BCUT2D eigenvalue weighted by atomic mass is 32.1. The molecule has 0 atom stereocenters. The Morgan fingerprint density at radius 3 is 2.57 bits per heavy atom. The van der Waals surface area contributed by atoms with Crippen LogP contribution in [-0.4, -0.2) is 16.2 Å². The van der Waals surface area contributed by atoms with Crippen molar-refractivity contribution in [2.75, 3.05) is 0 Å². The molecule has 5 heteroatoms. The van der Waals surface area contributed by atoms with Gasteiger partial charge in [0.1, 0.15) is 5.69 Å². The number of rotatable bonds is 3. The normalized spacial score (nSPS) is 11.0. The molecule has 0 fully saturated rings. The van der Waals surface area contributed by atoms with Crippen LogP contribution in [0.4, 0.5) is 0 Å². The predicted octanol–water partition coefficient (Wildman–Crippen LogP) is 4.92. The Labute approximate surface area is 135 Å². The number of hydrogen-bond acceptors (Lipinski definition) is 4. The van der Waals surface area contributed by atoms with Gasteiger partial charge in [0.2, 0.25) is 0 Å². The van der Waals surface area contributed by atoms with Gasteiger partial charge in [-0.3, -0.25) is 0 Å². The Hall–Kier alpha value is -2.92. The van der Waals surface area contributed by atoms with Crippen molar-refractivity contribution in [2.45, 2.75) is 0 Å². The van der Waals surface area contributed by atoms with Gasteiger partial charge in [0, 0.05) is 16.3 Å². The van der Waals surface area contributed by atoms with E-state index >= 15 is 0 Å². The minimum Gasteiger partial charge on any atom is -0.478 e. The summed E-state index contributed by atoms with van der Waals surface area (Å²) in [6.07, 6.45) is 0. The number of fused-ring (bicyclic) bond motifs is 1.